The topological polar surface area (TPSA) is 111 Å². The number of benzene rings is 1. The summed E-state index contributed by atoms with van der Waals surface area (Å²) in [6.07, 6.45) is 8.99. The number of piperazine rings is 1. The van der Waals surface area contributed by atoms with Crippen LogP contribution in [0.2, 0.25) is 0 Å². The van der Waals surface area contributed by atoms with Crippen LogP contribution in [0.25, 0.3) is 55.8 Å². The molecule has 1 aliphatic heterocycles. The molecule has 0 radical (unpaired) electrons. The third-order valence-corrected chi connectivity index (χ3v) is 6.71. The standard InChI is InChI=1S/C27H22FN9/c28-19-3-1-2-16(8-19)22-14-31-15-23-24(22)34-27(33-23)25-21-10-18(12-32-26(21)36-35-25)17-9-20(13-30-11-17)37-6-4-29-5-7-37/h1-3,8-15,29H,4-7H2,(H,33,34)(H,32,35,36). The maximum Gasteiger partial charge on any atom is 0.159 e. The normalized spacial score (nSPS) is 14.0. The fourth-order valence-corrected chi connectivity index (χ4v) is 4.84. The summed E-state index contributed by atoms with van der Waals surface area (Å²) in [5, 5.41) is 11.7. The van der Waals surface area contributed by atoms with Crippen molar-refractivity contribution in [1.82, 2.24) is 40.4 Å². The number of halogens is 1. The summed E-state index contributed by atoms with van der Waals surface area (Å²) in [4.78, 5) is 23.9. The van der Waals surface area contributed by atoms with E-state index in [2.05, 4.69) is 52.5 Å². The van der Waals surface area contributed by atoms with Gasteiger partial charge in [-0.3, -0.25) is 15.1 Å². The van der Waals surface area contributed by atoms with Crippen molar-refractivity contribution in [3.05, 3.63) is 73.2 Å². The molecule has 6 heterocycles. The Bertz CT molecular complexity index is 1750. The second kappa shape index (κ2) is 8.75. The van der Waals surface area contributed by atoms with Crippen LogP contribution in [0.1, 0.15) is 0 Å². The molecule has 0 bridgehead atoms. The second-order valence-electron chi connectivity index (χ2n) is 9.04. The lowest BCUT2D eigenvalue weighted by Gasteiger charge is -2.29. The zero-order valence-electron chi connectivity index (χ0n) is 19.7. The van der Waals surface area contributed by atoms with Crippen molar-refractivity contribution in [2.75, 3.05) is 31.1 Å². The molecule has 1 aromatic carbocycles. The number of nitrogens with zero attached hydrogens (tertiary/aromatic N) is 6. The zero-order chi connectivity index (χ0) is 24.8. The molecule has 1 fully saturated rings. The van der Waals surface area contributed by atoms with E-state index in [4.69, 9.17) is 4.98 Å². The molecule has 1 saturated heterocycles. The number of aromatic nitrogens is 7. The van der Waals surface area contributed by atoms with Gasteiger partial charge in [-0.25, -0.2) is 14.4 Å². The lowest BCUT2D eigenvalue weighted by molar-refractivity contribution is 0.589. The quantitative estimate of drug-likeness (QED) is 0.339. The molecule has 0 atom stereocenters. The Labute approximate surface area is 210 Å². The van der Waals surface area contributed by atoms with E-state index in [1.165, 1.54) is 12.1 Å². The molecule has 10 heteroatoms. The number of rotatable bonds is 4. The van der Waals surface area contributed by atoms with Crippen LogP contribution < -0.4 is 10.2 Å². The molecule has 6 aromatic rings. The number of fused-ring (bicyclic) bond motifs is 2. The van der Waals surface area contributed by atoms with Crippen molar-refractivity contribution in [1.29, 1.82) is 0 Å². The molecule has 0 aliphatic carbocycles. The van der Waals surface area contributed by atoms with Crippen LogP contribution in [0.5, 0.6) is 0 Å². The van der Waals surface area contributed by atoms with Gasteiger partial charge in [-0.05, 0) is 29.8 Å². The van der Waals surface area contributed by atoms with Gasteiger partial charge in [0.2, 0.25) is 0 Å². The molecule has 37 heavy (non-hydrogen) atoms. The number of anilines is 1. The lowest BCUT2D eigenvalue weighted by atomic mass is 10.1. The van der Waals surface area contributed by atoms with Gasteiger partial charge in [0.1, 0.15) is 11.5 Å². The minimum absolute atomic E-state index is 0.308. The molecule has 182 valence electrons. The minimum Gasteiger partial charge on any atom is -0.368 e. The number of hydrogen-bond donors (Lipinski definition) is 3. The van der Waals surface area contributed by atoms with Gasteiger partial charge in [0.25, 0.3) is 0 Å². The average Bonchev–Trinajstić information content (AvgIpc) is 3.57. The van der Waals surface area contributed by atoms with Crippen molar-refractivity contribution in [2.45, 2.75) is 0 Å². The van der Waals surface area contributed by atoms with Gasteiger partial charge in [-0.1, -0.05) is 12.1 Å². The summed E-state index contributed by atoms with van der Waals surface area (Å²) < 4.78 is 13.9. The van der Waals surface area contributed by atoms with Crippen LogP contribution in [-0.2, 0) is 0 Å². The zero-order valence-corrected chi connectivity index (χ0v) is 19.7. The van der Waals surface area contributed by atoms with E-state index in [9.17, 15) is 4.39 Å². The first-order valence-corrected chi connectivity index (χ1v) is 12.1. The smallest absolute Gasteiger partial charge is 0.159 e. The van der Waals surface area contributed by atoms with Gasteiger partial charge >= 0.3 is 0 Å². The van der Waals surface area contributed by atoms with Crippen molar-refractivity contribution in [3.63, 3.8) is 0 Å². The Morgan fingerprint density at radius 2 is 1.73 bits per heavy atom. The van der Waals surface area contributed by atoms with Gasteiger partial charge in [-0.2, -0.15) is 5.10 Å². The molecular formula is C27H22FN9. The molecule has 9 nitrogen and oxygen atoms in total. The molecule has 1 aliphatic rings. The Morgan fingerprint density at radius 3 is 2.62 bits per heavy atom. The molecular weight excluding hydrogens is 469 g/mol. The van der Waals surface area contributed by atoms with E-state index in [0.717, 1.165) is 59.5 Å². The largest absolute Gasteiger partial charge is 0.368 e. The van der Waals surface area contributed by atoms with E-state index in [-0.39, 0.29) is 5.82 Å². The molecule has 5 aromatic heterocycles. The second-order valence-corrected chi connectivity index (χ2v) is 9.04. The number of aromatic amines is 2. The number of pyridine rings is 3. The van der Waals surface area contributed by atoms with E-state index in [1.54, 1.807) is 18.5 Å². The predicted octanol–water partition coefficient (Wildman–Crippen LogP) is 4.17. The number of imidazole rings is 1. The summed E-state index contributed by atoms with van der Waals surface area (Å²) in [5.41, 5.74) is 7.23. The van der Waals surface area contributed by atoms with E-state index in [0.29, 0.717) is 28.2 Å². The van der Waals surface area contributed by atoms with Crippen LogP contribution in [0.4, 0.5) is 10.1 Å². The fourth-order valence-electron chi connectivity index (χ4n) is 4.84. The van der Waals surface area contributed by atoms with Crippen molar-refractivity contribution in [3.8, 4) is 33.8 Å². The van der Waals surface area contributed by atoms with Crippen LogP contribution in [0, 0.1) is 5.82 Å². The summed E-state index contributed by atoms with van der Waals surface area (Å²) in [6.45, 7) is 3.83. The Kier molecular flexibility index (Phi) is 5.10. The van der Waals surface area contributed by atoms with Crippen molar-refractivity contribution < 1.29 is 4.39 Å². The molecule has 0 amide bonds. The Hall–Kier alpha value is -4.70. The van der Waals surface area contributed by atoms with Crippen LogP contribution >= 0.6 is 0 Å². The lowest BCUT2D eigenvalue weighted by Crippen LogP contribution is -2.43. The highest BCUT2D eigenvalue weighted by atomic mass is 19.1. The first kappa shape index (κ1) is 21.6. The molecule has 0 unspecified atom stereocenters. The summed E-state index contributed by atoms with van der Waals surface area (Å²) in [5.74, 6) is 0.274. The fraction of sp³-hybridized carbons (Fsp3) is 0.148. The third kappa shape index (κ3) is 3.87. The first-order valence-electron chi connectivity index (χ1n) is 12.1. The highest BCUT2D eigenvalue weighted by Gasteiger charge is 2.18. The van der Waals surface area contributed by atoms with Crippen molar-refractivity contribution in [2.24, 2.45) is 0 Å². The van der Waals surface area contributed by atoms with E-state index in [1.807, 2.05) is 24.7 Å². The minimum atomic E-state index is -0.308. The van der Waals surface area contributed by atoms with Crippen LogP contribution in [0.15, 0.2) is 67.4 Å². The number of nitrogens with one attached hydrogen (secondary N) is 3. The van der Waals surface area contributed by atoms with Gasteiger partial charge in [0, 0.05) is 61.5 Å². The number of H-pyrrole nitrogens is 2. The van der Waals surface area contributed by atoms with E-state index < -0.39 is 0 Å². The average molecular weight is 492 g/mol. The van der Waals surface area contributed by atoms with Gasteiger partial charge in [0.15, 0.2) is 11.5 Å². The third-order valence-electron chi connectivity index (χ3n) is 6.71. The van der Waals surface area contributed by atoms with Gasteiger partial charge < -0.3 is 15.2 Å². The van der Waals surface area contributed by atoms with Crippen LogP contribution in [0.3, 0.4) is 0 Å². The Morgan fingerprint density at radius 1 is 0.865 bits per heavy atom. The molecule has 7 rings (SSSR count). The molecule has 0 saturated carbocycles. The molecule has 3 N–H and O–H groups in total. The van der Waals surface area contributed by atoms with Gasteiger partial charge in [-0.15, -0.1) is 0 Å². The first-order chi connectivity index (χ1) is 18.2. The predicted molar refractivity (Wildman–Crippen MR) is 140 cm³/mol. The SMILES string of the molecule is Fc1cccc(-c2cncc3[nH]c(-c4n[nH]c5ncc(-c6cncc(N7CCNCC7)c6)cc45)nc23)c1. The monoisotopic (exact) mass is 491 g/mol. The maximum absolute atomic E-state index is 13.9. The summed E-state index contributed by atoms with van der Waals surface area (Å²) in [7, 11) is 0. The van der Waals surface area contributed by atoms with Gasteiger partial charge in [0.05, 0.1) is 34.5 Å². The highest BCUT2D eigenvalue weighted by molar-refractivity contribution is 5.96. The Balaban J connectivity index is 1.30. The summed E-state index contributed by atoms with van der Waals surface area (Å²) in [6, 6.07) is 10.6. The van der Waals surface area contributed by atoms with Crippen LogP contribution in [-0.4, -0.2) is 61.3 Å². The van der Waals surface area contributed by atoms with E-state index >= 15 is 0 Å². The number of hydrogen-bond acceptors (Lipinski definition) is 7. The highest BCUT2D eigenvalue weighted by Crippen LogP contribution is 2.32. The molecule has 0 spiro atoms. The van der Waals surface area contributed by atoms with Crippen molar-refractivity contribution >= 4 is 27.8 Å². The maximum atomic E-state index is 13.9. The summed E-state index contributed by atoms with van der Waals surface area (Å²) >= 11 is 0.